The number of hydrogen-bond acceptors (Lipinski definition) is 1. The molecule has 1 saturated heterocycles. The van der Waals surface area contributed by atoms with Gasteiger partial charge in [-0.15, -0.1) is 0 Å². The van der Waals surface area contributed by atoms with E-state index in [9.17, 15) is 4.79 Å². The van der Waals surface area contributed by atoms with Gasteiger partial charge in [0.15, 0.2) is 0 Å². The van der Waals surface area contributed by atoms with Gasteiger partial charge in [0.25, 0.3) is 0 Å². The summed E-state index contributed by atoms with van der Waals surface area (Å²) < 4.78 is 0. The molecule has 2 heteroatoms. The molecule has 3 atom stereocenters. The predicted molar refractivity (Wildman–Crippen MR) is 67.4 cm³/mol. The minimum Gasteiger partial charge on any atom is -0.335 e. The quantitative estimate of drug-likeness (QED) is 0.763. The van der Waals surface area contributed by atoms with Gasteiger partial charge in [0.1, 0.15) is 0 Å². The van der Waals surface area contributed by atoms with Crippen LogP contribution in [-0.4, -0.2) is 17.4 Å². The molecule has 0 spiro atoms. The van der Waals surface area contributed by atoms with Crippen LogP contribution in [-0.2, 0) is 4.79 Å². The van der Waals surface area contributed by atoms with E-state index in [0.717, 1.165) is 13.0 Å². The van der Waals surface area contributed by atoms with Crippen LogP contribution in [0, 0.1) is 11.8 Å². The lowest BCUT2D eigenvalue weighted by Gasteiger charge is -2.26. The number of benzene rings is 1. The van der Waals surface area contributed by atoms with Crippen molar-refractivity contribution in [3.05, 3.63) is 35.9 Å². The maximum absolute atomic E-state index is 12.3. The lowest BCUT2D eigenvalue weighted by Crippen LogP contribution is -2.30. The van der Waals surface area contributed by atoms with Crippen molar-refractivity contribution in [3.8, 4) is 0 Å². The van der Waals surface area contributed by atoms with Gasteiger partial charge in [0, 0.05) is 12.5 Å². The maximum atomic E-state index is 12.3. The molecule has 1 aliphatic heterocycles. The van der Waals surface area contributed by atoms with Crippen molar-refractivity contribution in [1.29, 1.82) is 0 Å². The number of carbonyl (C=O) groups is 1. The molecule has 3 rings (SSSR count). The monoisotopic (exact) mass is 229 g/mol. The molecule has 2 unspecified atom stereocenters. The van der Waals surface area contributed by atoms with E-state index in [1.54, 1.807) is 0 Å². The third-order valence-corrected chi connectivity index (χ3v) is 4.44. The van der Waals surface area contributed by atoms with Crippen molar-refractivity contribution in [1.82, 2.24) is 4.90 Å². The van der Waals surface area contributed by atoms with Gasteiger partial charge >= 0.3 is 0 Å². The first-order valence-corrected chi connectivity index (χ1v) is 6.63. The predicted octanol–water partition coefficient (Wildman–Crippen LogP) is 3.01. The molecule has 1 heterocycles. The molecule has 2 nitrogen and oxygen atoms in total. The van der Waals surface area contributed by atoms with E-state index >= 15 is 0 Å². The van der Waals surface area contributed by atoms with Gasteiger partial charge in [-0.1, -0.05) is 36.8 Å². The summed E-state index contributed by atoms with van der Waals surface area (Å²) in [6.07, 6.45) is 3.60. The van der Waals surface area contributed by atoms with E-state index in [0.29, 0.717) is 17.7 Å². The summed E-state index contributed by atoms with van der Waals surface area (Å²) in [5.41, 5.74) is 1.25. The summed E-state index contributed by atoms with van der Waals surface area (Å²) in [6, 6.07) is 10.6. The van der Waals surface area contributed by atoms with Crippen molar-refractivity contribution >= 4 is 5.91 Å². The van der Waals surface area contributed by atoms with Crippen LogP contribution < -0.4 is 0 Å². The molecule has 1 amide bonds. The zero-order valence-electron chi connectivity index (χ0n) is 10.3. The Bertz CT molecular complexity index is 414. The Hall–Kier alpha value is -1.31. The number of likely N-dealkylation sites (tertiary alicyclic amines) is 1. The summed E-state index contributed by atoms with van der Waals surface area (Å²) in [7, 11) is 0. The van der Waals surface area contributed by atoms with Crippen LogP contribution in [0.2, 0.25) is 0 Å². The molecule has 1 saturated carbocycles. The van der Waals surface area contributed by atoms with Crippen molar-refractivity contribution in [2.24, 2.45) is 11.8 Å². The first-order chi connectivity index (χ1) is 8.27. The molecule has 1 aromatic rings. The summed E-state index contributed by atoms with van der Waals surface area (Å²) in [5.74, 6) is 1.36. The molecule has 0 N–H and O–H groups in total. The van der Waals surface area contributed by atoms with Crippen LogP contribution in [0.1, 0.15) is 37.8 Å². The SMILES string of the molecule is C[C@H](c1ccccc1)N1CC2CCCC2C1=O. The zero-order chi connectivity index (χ0) is 11.8. The van der Waals surface area contributed by atoms with Gasteiger partial charge in [0.05, 0.1) is 6.04 Å². The highest BCUT2D eigenvalue weighted by Crippen LogP contribution is 2.41. The van der Waals surface area contributed by atoms with Gasteiger partial charge < -0.3 is 4.90 Å². The number of nitrogens with zero attached hydrogens (tertiary/aromatic N) is 1. The first kappa shape index (κ1) is 10.8. The van der Waals surface area contributed by atoms with Crippen molar-refractivity contribution in [2.45, 2.75) is 32.2 Å². The molecule has 17 heavy (non-hydrogen) atoms. The van der Waals surface area contributed by atoms with E-state index in [1.807, 2.05) is 18.2 Å². The van der Waals surface area contributed by atoms with Crippen molar-refractivity contribution < 1.29 is 4.79 Å². The van der Waals surface area contributed by atoms with Gasteiger partial charge in [-0.3, -0.25) is 4.79 Å². The second kappa shape index (κ2) is 4.17. The molecule has 0 radical (unpaired) electrons. The van der Waals surface area contributed by atoms with Gasteiger partial charge in [-0.25, -0.2) is 0 Å². The first-order valence-electron chi connectivity index (χ1n) is 6.63. The van der Waals surface area contributed by atoms with Crippen LogP contribution in [0.4, 0.5) is 0 Å². The molecule has 0 bridgehead atoms. The van der Waals surface area contributed by atoms with E-state index in [4.69, 9.17) is 0 Å². The van der Waals surface area contributed by atoms with Crippen LogP contribution in [0.25, 0.3) is 0 Å². The van der Waals surface area contributed by atoms with Crippen LogP contribution in [0.5, 0.6) is 0 Å². The molecule has 0 aromatic heterocycles. The summed E-state index contributed by atoms with van der Waals surface area (Å²) in [6.45, 7) is 3.12. The van der Waals surface area contributed by atoms with Crippen LogP contribution in [0.3, 0.4) is 0 Å². The van der Waals surface area contributed by atoms with Crippen LogP contribution >= 0.6 is 0 Å². The Morgan fingerprint density at radius 3 is 2.71 bits per heavy atom. The van der Waals surface area contributed by atoms with Gasteiger partial charge in [-0.05, 0) is 31.2 Å². The minimum atomic E-state index is 0.231. The average Bonchev–Trinajstić information content (AvgIpc) is 2.93. The van der Waals surface area contributed by atoms with Crippen molar-refractivity contribution in [2.75, 3.05) is 6.54 Å². The Labute approximate surface area is 103 Å². The molecule has 90 valence electrons. The highest BCUT2D eigenvalue weighted by atomic mass is 16.2. The van der Waals surface area contributed by atoms with Crippen LogP contribution in [0.15, 0.2) is 30.3 Å². The van der Waals surface area contributed by atoms with Gasteiger partial charge in [0.2, 0.25) is 5.91 Å². The van der Waals surface area contributed by atoms with Crippen molar-refractivity contribution in [3.63, 3.8) is 0 Å². The number of rotatable bonds is 2. The normalized spacial score (nSPS) is 29.5. The fraction of sp³-hybridized carbons (Fsp3) is 0.533. The number of carbonyl (C=O) groups excluding carboxylic acids is 1. The zero-order valence-corrected chi connectivity index (χ0v) is 10.3. The number of fused-ring (bicyclic) bond motifs is 1. The van der Waals surface area contributed by atoms with Gasteiger partial charge in [-0.2, -0.15) is 0 Å². The Balaban J connectivity index is 1.80. The topological polar surface area (TPSA) is 20.3 Å². The molecule has 1 aromatic carbocycles. The Kier molecular flexibility index (Phi) is 2.65. The van der Waals surface area contributed by atoms with E-state index < -0.39 is 0 Å². The third-order valence-electron chi connectivity index (χ3n) is 4.44. The second-order valence-electron chi connectivity index (χ2n) is 5.37. The second-order valence-corrected chi connectivity index (χ2v) is 5.37. The highest BCUT2D eigenvalue weighted by Gasteiger charge is 2.44. The van der Waals surface area contributed by atoms with E-state index in [1.165, 1.54) is 18.4 Å². The molecule has 1 aliphatic carbocycles. The van der Waals surface area contributed by atoms with E-state index in [-0.39, 0.29) is 6.04 Å². The lowest BCUT2D eigenvalue weighted by molar-refractivity contribution is -0.132. The average molecular weight is 229 g/mol. The maximum Gasteiger partial charge on any atom is 0.226 e. The summed E-state index contributed by atoms with van der Waals surface area (Å²) in [5, 5.41) is 0. The fourth-order valence-electron chi connectivity index (χ4n) is 3.40. The summed E-state index contributed by atoms with van der Waals surface area (Å²) >= 11 is 0. The third kappa shape index (κ3) is 1.76. The standard InChI is InChI=1S/C15H19NO/c1-11(12-6-3-2-4-7-12)16-10-13-8-5-9-14(13)15(16)17/h2-4,6-7,11,13-14H,5,8-10H2,1H3/t11-,13?,14?/m1/s1. The smallest absolute Gasteiger partial charge is 0.226 e. The lowest BCUT2D eigenvalue weighted by atomic mass is 10.0. The molecular formula is C15H19NO. The Morgan fingerprint density at radius 2 is 2.00 bits per heavy atom. The number of hydrogen-bond donors (Lipinski definition) is 0. The fourth-order valence-corrected chi connectivity index (χ4v) is 3.40. The molecule has 2 fully saturated rings. The largest absolute Gasteiger partial charge is 0.335 e. The minimum absolute atomic E-state index is 0.231. The number of amides is 1. The molecule has 2 aliphatic rings. The highest BCUT2D eigenvalue weighted by molar-refractivity contribution is 5.82. The van der Waals surface area contributed by atoms with E-state index in [2.05, 4.69) is 24.0 Å². The summed E-state index contributed by atoms with van der Waals surface area (Å²) in [4.78, 5) is 14.4. The Morgan fingerprint density at radius 1 is 1.24 bits per heavy atom. The molecular weight excluding hydrogens is 210 g/mol.